The standard InChI is InChI=1S/C16H23N3O.2ClH/c1-12-8-13(9-17)10-19(12)16(20)11-18-7-6-14-4-2-3-5-15(14)18;;/h2-5,12-13H,6-11,17H2,1H3;2*1H. The largest absolute Gasteiger partial charge is 0.362 e. The van der Waals surface area contributed by atoms with E-state index in [0.29, 0.717) is 25.0 Å². The number of nitrogens with two attached hydrogens (primary N) is 1. The van der Waals surface area contributed by atoms with E-state index in [2.05, 4.69) is 30.0 Å². The Bertz CT molecular complexity index is 512. The number of anilines is 1. The first-order valence-corrected chi connectivity index (χ1v) is 7.51. The van der Waals surface area contributed by atoms with E-state index in [0.717, 1.165) is 25.9 Å². The Morgan fingerprint density at radius 2 is 2.05 bits per heavy atom. The fourth-order valence-electron chi connectivity index (χ4n) is 3.49. The monoisotopic (exact) mass is 345 g/mol. The van der Waals surface area contributed by atoms with Crippen molar-refractivity contribution in [1.82, 2.24) is 4.90 Å². The zero-order valence-electron chi connectivity index (χ0n) is 12.9. The van der Waals surface area contributed by atoms with Crippen molar-refractivity contribution in [2.45, 2.75) is 25.8 Å². The molecule has 1 aromatic carbocycles. The minimum atomic E-state index is 0. The van der Waals surface area contributed by atoms with Gasteiger partial charge in [0, 0.05) is 24.8 Å². The molecule has 0 aliphatic carbocycles. The first-order chi connectivity index (χ1) is 9.69. The van der Waals surface area contributed by atoms with E-state index in [-0.39, 0.29) is 30.7 Å². The predicted molar refractivity (Wildman–Crippen MR) is 95.2 cm³/mol. The van der Waals surface area contributed by atoms with E-state index in [1.807, 2.05) is 11.0 Å². The SMILES string of the molecule is CC1CC(CN)CN1C(=O)CN1CCc2ccccc21.Cl.Cl. The summed E-state index contributed by atoms with van der Waals surface area (Å²) in [5.74, 6) is 0.713. The van der Waals surface area contributed by atoms with E-state index in [9.17, 15) is 4.79 Å². The van der Waals surface area contributed by atoms with Crippen molar-refractivity contribution in [3.05, 3.63) is 29.8 Å². The van der Waals surface area contributed by atoms with Gasteiger partial charge in [-0.05, 0) is 43.9 Å². The van der Waals surface area contributed by atoms with Crippen molar-refractivity contribution >= 4 is 36.4 Å². The van der Waals surface area contributed by atoms with Crippen LogP contribution in [0.15, 0.2) is 24.3 Å². The van der Waals surface area contributed by atoms with Crippen LogP contribution in [0.1, 0.15) is 18.9 Å². The molecule has 2 aliphatic heterocycles. The molecular formula is C16H25Cl2N3O. The molecule has 0 aromatic heterocycles. The molecule has 1 saturated heterocycles. The lowest BCUT2D eigenvalue weighted by molar-refractivity contribution is -0.130. The maximum atomic E-state index is 12.5. The minimum Gasteiger partial charge on any atom is -0.362 e. The highest BCUT2D eigenvalue weighted by Gasteiger charge is 2.32. The number of carbonyl (C=O) groups is 1. The normalized spacial score (nSPS) is 22.8. The van der Waals surface area contributed by atoms with Gasteiger partial charge in [0.25, 0.3) is 0 Å². The highest BCUT2D eigenvalue weighted by atomic mass is 35.5. The number of fused-ring (bicyclic) bond motifs is 1. The number of amides is 1. The molecule has 2 aliphatic rings. The van der Waals surface area contributed by atoms with Crippen LogP contribution in [0.3, 0.4) is 0 Å². The third-order valence-corrected chi connectivity index (χ3v) is 4.62. The topological polar surface area (TPSA) is 49.6 Å². The van der Waals surface area contributed by atoms with Gasteiger partial charge in [0.2, 0.25) is 5.91 Å². The molecule has 1 aromatic rings. The number of hydrogen-bond acceptors (Lipinski definition) is 3. The third-order valence-electron chi connectivity index (χ3n) is 4.62. The first-order valence-electron chi connectivity index (χ1n) is 7.51. The summed E-state index contributed by atoms with van der Waals surface area (Å²) in [7, 11) is 0. The number of likely N-dealkylation sites (tertiary alicyclic amines) is 1. The van der Waals surface area contributed by atoms with Gasteiger partial charge < -0.3 is 15.5 Å². The average Bonchev–Trinajstić information content (AvgIpc) is 3.03. The van der Waals surface area contributed by atoms with Crippen molar-refractivity contribution in [1.29, 1.82) is 0 Å². The Balaban J connectivity index is 0.00000121. The smallest absolute Gasteiger partial charge is 0.242 e. The summed E-state index contributed by atoms with van der Waals surface area (Å²) < 4.78 is 0. The molecule has 4 nitrogen and oxygen atoms in total. The minimum absolute atomic E-state index is 0. The van der Waals surface area contributed by atoms with Crippen molar-refractivity contribution in [2.75, 3.05) is 31.1 Å². The lowest BCUT2D eigenvalue weighted by atomic mass is 10.1. The van der Waals surface area contributed by atoms with Gasteiger partial charge in [0.05, 0.1) is 6.54 Å². The van der Waals surface area contributed by atoms with E-state index < -0.39 is 0 Å². The number of nitrogens with zero attached hydrogens (tertiary/aromatic N) is 2. The van der Waals surface area contributed by atoms with Gasteiger partial charge in [-0.15, -0.1) is 24.8 Å². The number of para-hydroxylation sites is 1. The summed E-state index contributed by atoms with van der Waals surface area (Å²) in [5, 5.41) is 0. The second kappa shape index (κ2) is 8.04. The van der Waals surface area contributed by atoms with Crippen LogP contribution in [0.4, 0.5) is 5.69 Å². The molecule has 0 radical (unpaired) electrons. The fraction of sp³-hybridized carbons (Fsp3) is 0.562. The lowest BCUT2D eigenvalue weighted by Crippen LogP contribution is -2.41. The molecule has 0 spiro atoms. The summed E-state index contributed by atoms with van der Waals surface area (Å²) in [6, 6.07) is 8.71. The molecule has 6 heteroatoms. The molecule has 0 bridgehead atoms. The van der Waals surface area contributed by atoms with Crippen LogP contribution in [0.5, 0.6) is 0 Å². The summed E-state index contributed by atoms with van der Waals surface area (Å²) in [6.45, 7) is 5.09. The first kappa shape index (κ1) is 19.1. The van der Waals surface area contributed by atoms with Gasteiger partial charge in [-0.3, -0.25) is 4.79 Å². The highest BCUT2D eigenvalue weighted by Crippen LogP contribution is 2.28. The maximum Gasteiger partial charge on any atom is 0.242 e. The van der Waals surface area contributed by atoms with E-state index in [1.165, 1.54) is 11.3 Å². The molecule has 1 fully saturated rings. The second-order valence-electron chi connectivity index (χ2n) is 6.03. The Labute approximate surface area is 144 Å². The van der Waals surface area contributed by atoms with E-state index in [4.69, 9.17) is 5.73 Å². The van der Waals surface area contributed by atoms with Gasteiger partial charge in [-0.2, -0.15) is 0 Å². The van der Waals surface area contributed by atoms with Crippen LogP contribution < -0.4 is 10.6 Å². The van der Waals surface area contributed by atoms with E-state index >= 15 is 0 Å². The van der Waals surface area contributed by atoms with Gasteiger partial charge in [0.1, 0.15) is 0 Å². The predicted octanol–water partition coefficient (Wildman–Crippen LogP) is 2.09. The Hall–Kier alpha value is -0.970. The fourth-order valence-corrected chi connectivity index (χ4v) is 3.49. The summed E-state index contributed by atoms with van der Waals surface area (Å²) >= 11 is 0. The quantitative estimate of drug-likeness (QED) is 0.912. The molecule has 3 rings (SSSR count). The van der Waals surface area contributed by atoms with Gasteiger partial charge in [-0.1, -0.05) is 18.2 Å². The van der Waals surface area contributed by atoms with Crippen LogP contribution in [0.2, 0.25) is 0 Å². The molecule has 124 valence electrons. The second-order valence-corrected chi connectivity index (χ2v) is 6.03. The van der Waals surface area contributed by atoms with Crippen LogP contribution in [-0.2, 0) is 11.2 Å². The van der Waals surface area contributed by atoms with Crippen LogP contribution in [0, 0.1) is 5.92 Å². The molecule has 2 heterocycles. The molecule has 0 saturated carbocycles. The summed E-state index contributed by atoms with van der Waals surface area (Å²) in [6.07, 6.45) is 2.09. The molecule has 2 N–H and O–H groups in total. The molecule has 2 atom stereocenters. The zero-order valence-corrected chi connectivity index (χ0v) is 14.5. The van der Waals surface area contributed by atoms with Gasteiger partial charge >= 0.3 is 0 Å². The van der Waals surface area contributed by atoms with Crippen molar-refractivity contribution in [3.63, 3.8) is 0 Å². The number of carbonyl (C=O) groups excluding carboxylic acids is 1. The molecular weight excluding hydrogens is 321 g/mol. The Morgan fingerprint density at radius 3 is 2.73 bits per heavy atom. The molecule has 2 unspecified atom stereocenters. The van der Waals surface area contributed by atoms with E-state index in [1.54, 1.807) is 0 Å². The molecule has 1 amide bonds. The van der Waals surface area contributed by atoms with Crippen LogP contribution in [-0.4, -0.2) is 43.0 Å². The Morgan fingerprint density at radius 1 is 1.32 bits per heavy atom. The highest BCUT2D eigenvalue weighted by molar-refractivity contribution is 5.85. The van der Waals surface area contributed by atoms with Crippen molar-refractivity contribution < 1.29 is 4.79 Å². The van der Waals surface area contributed by atoms with Crippen molar-refractivity contribution in [2.24, 2.45) is 11.7 Å². The van der Waals surface area contributed by atoms with Gasteiger partial charge in [-0.25, -0.2) is 0 Å². The number of hydrogen-bond donors (Lipinski definition) is 1. The summed E-state index contributed by atoms with van der Waals surface area (Å²) in [4.78, 5) is 16.7. The molecule has 22 heavy (non-hydrogen) atoms. The summed E-state index contributed by atoms with van der Waals surface area (Å²) in [5.41, 5.74) is 8.32. The number of halogens is 2. The van der Waals surface area contributed by atoms with Crippen molar-refractivity contribution in [3.8, 4) is 0 Å². The lowest BCUT2D eigenvalue weighted by Gasteiger charge is -2.26. The maximum absolute atomic E-state index is 12.5. The average molecular weight is 346 g/mol. The van der Waals surface area contributed by atoms with Gasteiger partial charge in [0.15, 0.2) is 0 Å². The van der Waals surface area contributed by atoms with Crippen LogP contribution >= 0.6 is 24.8 Å². The third kappa shape index (κ3) is 3.67. The number of rotatable bonds is 3. The Kier molecular flexibility index (Phi) is 6.98. The zero-order chi connectivity index (χ0) is 14.1. The van der Waals surface area contributed by atoms with Crippen LogP contribution in [0.25, 0.3) is 0 Å². The number of benzene rings is 1.